The van der Waals surface area contributed by atoms with Crippen molar-refractivity contribution in [1.82, 2.24) is 0 Å². The van der Waals surface area contributed by atoms with Crippen LogP contribution in [0.1, 0.15) is 0 Å². The Balaban J connectivity index is 1.60. The zero-order valence-corrected chi connectivity index (χ0v) is 13.8. The van der Waals surface area contributed by atoms with Crippen LogP contribution in [0.5, 0.6) is 0 Å². The molecule has 0 unspecified atom stereocenters. The van der Waals surface area contributed by atoms with Gasteiger partial charge < -0.3 is 5.73 Å². The molecule has 2 N–H and O–H groups in total. The monoisotopic (exact) mass is 325 g/mol. The van der Waals surface area contributed by atoms with Crippen LogP contribution >= 0.6 is 0 Å². The number of pyridine rings is 2. The fourth-order valence-corrected chi connectivity index (χ4v) is 2.87. The van der Waals surface area contributed by atoms with Gasteiger partial charge in [0.05, 0.1) is 0 Å². The summed E-state index contributed by atoms with van der Waals surface area (Å²) in [4.78, 5) is 0. The number of nitrogens with two attached hydrogens (primary N) is 1. The highest BCUT2D eigenvalue weighted by atomic mass is 14.9. The van der Waals surface area contributed by atoms with Gasteiger partial charge in [0.25, 0.3) is 0 Å². The quantitative estimate of drug-likeness (QED) is 0.454. The van der Waals surface area contributed by atoms with Crippen LogP contribution < -0.4 is 14.9 Å². The summed E-state index contributed by atoms with van der Waals surface area (Å²) in [6.07, 6.45) is 8.29. The molecule has 2 aromatic heterocycles. The maximum atomic E-state index is 5.86. The third kappa shape index (κ3) is 3.26. The van der Waals surface area contributed by atoms with Crippen LogP contribution in [0.15, 0.2) is 104 Å². The standard InChI is InChI=1S/C22H19N3/c23-20-5-4-8-22(17-20)25-15-11-19(12-16-25)18-9-13-24(14-10-18)21-6-2-1-3-7-21/h1-17H,23H2/q+2. The second kappa shape index (κ2) is 6.57. The van der Waals surface area contributed by atoms with Crippen molar-refractivity contribution in [3.05, 3.63) is 104 Å². The van der Waals surface area contributed by atoms with Crippen LogP contribution in [0, 0.1) is 0 Å². The molecule has 0 aliphatic rings. The number of rotatable bonds is 3. The Morgan fingerprint density at radius 2 is 1.04 bits per heavy atom. The zero-order chi connectivity index (χ0) is 17.1. The molecule has 0 aliphatic heterocycles. The maximum Gasteiger partial charge on any atom is 0.212 e. The first-order valence-corrected chi connectivity index (χ1v) is 8.24. The lowest BCUT2D eigenvalue weighted by Gasteiger charge is -2.01. The van der Waals surface area contributed by atoms with E-state index in [0.29, 0.717) is 0 Å². The second-order valence-electron chi connectivity index (χ2n) is 5.92. The average molecular weight is 325 g/mol. The number of anilines is 1. The highest BCUT2D eigenvalue weighted by Crippen LogP contribution is 2.17. The molecular formula is C22H19N3+2. The Morgan fingerprint density at radius 1 is 0.520 bits per heavy atom. The first-order valence-electron chi connectivity index (χ1n) is 8.24. The van der Waals surface area contributed by atoms with Crippen molar-refractivity contribution >= 4 is 5.69 Å². The van der Waals surface area contributed by atoms with Gasteiger partial charge in [-0.25, -0.2) is 0 Å². The topological polar surface area (TPSA) is 33.8 Å². The van der Waals surface area contributed by atoms with E-state index in [1.54, 1.807) is 0 Å². The minimum Gasteiger partial charge on any atom is -0.399 e. The highest BCUT2D eigenvalue weighted by molar-refractivity contribution is 5.61. The van der Waals surface area contributed by atoms with Crippen LogP contribution in [0.25, 0.3) is 22.5 Å². The van der Waals surface area contributed by atoms with E-state index in [2.05, 4.69) is 70.3 Å². The van der Waals surface area contributed by atoms with Gasteiger partial charge in [-0.1, -0.05) is 24.3 Å². The summed E-state index contributed by atoms with van der Waals surface area (Å²) < 4.78 is 4.17. The molecule has 0 bridgehead atoms. The second-order valence-corrected chi connectivity index (χ2v) is 5.92. The molecule has 2 aromatic carbocycles. The molecule has 4 aromatic rings. The van der Waals surface area contributed by atoms with E-state index in [4.69, 9.17) is 5.73 Å². The van der Waals surface area contributed by atoms with Crippen molar-refractivity contribution in [2.75, 3.05) is 5.73 Å². The predicted octanol–water partition coefficient (Wildman–Crippen LogP) is 3.49. The van der Waals surface area contributed by atoms with E-state index in [1.807, 2.05) is 42.5 Å². The molecule has 0 amide bonds. The SMILES string of the molecule is Nc1cccc(-[n+]2ccc(-c3cc[n+](-c4ccccc4)cc3)cc2)c1. The van der Waals surface area contributed by atoms with Crippen molar-refractivity contribution < 1.29 is 9.13 Å². The molecule has 0 atom stereocenters. The Kier molecular flexibility index (Phi) is 3.97. The maximum absolute atomic E-state index is 5.86. The third-order valence-electron chi connectivity index (χ3n) is 4.21. The molecule has 3 nitrogen and oxygen atoms in total. The van der Waals surface area contributed by atoms with Gasteiger partial charge in [-0.05, 0) is 17.2 Å². The highest BCUT2D eigenvalue weighted by Gasteiger charge is 2.09. The van der Waals surface area contributed by atoms with E-state index in [0.717, 1.165) is 17.1 Å². The molecule has 0 fully saturated rings. The van der Waals surface area contributed by atoms with Crippen molar-refractivity contribution in [2.45, 2.75) is 0 Å². The van der Waals surface area contributed by atoms with Gasteiger partial charge in [-0.15, -0.1) is 0 Å². The van der Waals surface area contributed by atoms with Crippen molar-refractivity contribution in [3.63, 3.8) is 0 Å². The van der Waals surface area contributed by atoms with E-state index >= 15 is 0 Å². The molecule has 0 saturated heterocycles. The molecule has 0 saturated carbocycles. The van der Waals surface area contributed by atoms with Crippen molar-refractivity contribution in [2.24, 2.45) is 0 Å². The average Bonchev–Trinajstić information content (AvgIpc) is 2.69. The summed E-state index contributed by atoms with van der Waals surface area (Å²) in [6.45, 7) is 0. The molecule has 0 aliphatic carbocycles. The number of nitrogen functional groups attached to an aromatic ring is 1. The van der Waals surface area contributed by atoms with Gasteiger partial charge in [0.1, 0.15) is 0 Å². The van der Waals surface area contributed by atoms with Gasteiger partial charge in [0, 0.05) is 54.2 Å². The van der Waals surface area contributed by atoms with Gasteiger partial charge in [-0.2, -0.15) is 9.13 Å². The fourth-order valence-electron chi connectivity index (χ4n) is 2.87. The summed E-state index contributed by atoms with van der Waals surface area (Å²) in [7, 11) is 0. The number of para-hydroxylation sites is 1. The first kappa shape index (κ1) is 15.1. The molecule has 25 heavy (non-hydrogen) atoms. The van der Waals surface area contributed by atoms with Crippen molar-refractivity contribution in [1.29, 1.82) is 0 Å². The fraction of sp³-hybridized carbons (Fsp3) is 0. The Hall–Kier alpha value is -3.46. The first-order chi connectivity index (χ1) is 12.3. The van der Waals surface area contributed by atoms with Crippen molar-refractivity contribution in [3.8, 4) is 22.5 Å². The molecular weight excluding hydrogens is 306 g/mol. The lowest BCUT2D eigenvalue weighted by Crippen LogP contribution is -2.29. The Morgan fingerprint density at radius 3 is 1.60 bits per heavy atom. The number of hydrogen-bond donors (Lipinski definition) is 1. The van der Waals surface area contributed by atoms with Gasteiger partial charge in [-0.3, -0.25) is 0 Å². The van der Waals surface area contributed by atoms with Gasteiger partial charge in [0.15, 0.2) is 24.8 Å². The zero-order valence-electron chi connectivity index (χ0n) is 13.8. The minimum absolute atomic E-state index is 0.766. The van der Waals surface area contributed by atoms with Crippen LogP contribution in [0.2, 0.25) is 0 Å². The number of hydrogen-bond acceptors (Lipinski definition) is 1. The number of nitrogens with zero attached hydrogens (tertiary/aromatic N) is 2. The summed E-state index contributed by atoms with van der Waals surface area (Å²) >= 11 is 0. The molecule has 0 spiro atoms. The summed E-state index contributed by atoms with van der Waals surface area (Å²) in [5.74, 6) is 0. The summed E-state index contributed by atoms with van der Waals surface area (Å²) in [5.41, 5.74) is 11.2. The lowest BCUT2D eigenvalue weighted by molar-refractivity contribution is -0.596. The molecule has 3 heteroatoms. The Labute approximate surface area is 147 Å². The van der Waals surface area contributed by atoms with Gasteiger partial charge >= 0.3 is 0 Å². The minimum atomic E-state index is 0.766. The molecule has 2 heterocycles. The Bertz CT molecular complexity index is 976. The summed E-state index contributed by atoms with van der Waals surface area (Å²) in [6, 6.07) is 26.7. The van der Waals surface area contributed by atoms with E-state index in [9.17, 15) is 0 Å². The van der Waals surface area contributed by atoms with Crippen LogP contribution in [0.4, 0.5) is 5.69 Å². The van der Waals surface area contributed by atoms with Crippen LogP contribution in [-0.4, -0.2) is 0 Å². The van der Waals surface area contributed by atoms with Crippen LogP contribution in [0.3, 0.4) is 0 Å². The normalized spacial score (nSPS) is 10.6. The molecule has 0 radical (unpaired) electrons. The lowest BCUT2D eigenvalue weighted by atomic mass is 10.1. The van der Waals surface area contributed by atoms with Gasteiger partial charge in [0.2, 0.25) is 11.4 Å². The van der Waals surface area contributed by atoms with E-state index < -0.39 is 0 Å². The predicted molar refractivity (Wildman–Crippen MR) is 99.4 cm³/mol. The molecule has 4 rings (SSSR count). The molecule has 120 valence electrons. The number of aromatic nitrogens is 2. The van der Waals surface area contributed by atoms with E-state index in [1.165, 1.54) is 11.1 Å². The van der Waals surface area contributed by atoms with E-state index in [-0.39, 0.29) is 0 Å². The largest absolute Gasteiger partial charge is 0.399 e. The smallest absolute Gasteiger partial charge is 0.212 e. The third-order valence-corrected chi connectivity index (χ3v) is 4.21. The number of benzene rings is 2. The van der Waals surface area contributed by atoms with Crippen LogP contribution in [-0.2, 0) is 0 Å². The summed E-state index contributed by atoms with van der Waals surface area (Å²) in [5, 5.41) is 0.